The molecule has 5 atom stereocenters. The minimum Gasteiger partial charge on any atom is -0.478 e. The third-order valence-corrected chi connectivity index (χ3v) is 4.62. The zero-order chi connectivity index (χ0) is 22.9. The average Bonchev–Trinajstić information content (AvgIpc) is 3.15. The van der Waals surface area contributed by atoms with Crippen LogP contribution in [-0.4, -0.2) is 84.2 Å². The molecule has 31 heavy (non-hydrogen) atoms. The second kappa shape index (κ2) is 8.49. The lowest BCUT2D eigenvalue weighted by Gasteiger charge is -2.40. The predicted molar refractivity (Wildman–Crippen MR) is 94.2 cm³/mol. The first-order valence-corrected chi connectivity index (χ1v) is 8.78. The molecule has 1 aliphatic rings. The highest BCUT2D eigenvalue weighted by Crippen LogP contribution is 2.31. The van der Waals surface area contributed by atoms with Crippen molar-refractivity contribution in [1.82, 2.24) is 20.1 Å². The smallest absolute Gasteiger partial charge is 0.471 e. The summed E-state index contributed by atoms with van der Waals surface area (Å²) in [5.74, 6) is -4.75. The Hall–Kier alpha value is -3.23. The number of alkyl halides is 3. The van der Waals surface area contributed by atoms with E-state index in [2.05, 4.69) is 10.1 Å². The van der Waals surface area contributed by atoms with Gasteiger partial charge in [-0.15, -0.1) is 0 Å². The van der Waals surface area contributed by atoms with E-state index in [9.17, 15) is 38.1 Å². The third kappa shape index (κ3) is 4.60. The van der Waals surface area contributed by atoms with Gasteiger partial charge in [0.1, 0.15) is 23.8 Å². The van der Waals surface area contributed by atoms with E-state index in [0.29, 0.717) is 10.9 Å². The van der Waals surface area contributed by atoms with E-state index in [1.807, 2.05) is 0 Å². The van der Waals surface area contributed by atoms with E-state index < -0.39 is 60.8 Å². The summed E-state index contributed by atoms with van der Waals surface area (Å²) < 4.78 is 44.9. The molecular formula is C17H17F3N4O7. The number of rotatable bonds is 6. The third-order valence-electron chi connectivity index (χ3n) is 4.62. The fraction of sp³-hybridized carbons (Fsp3) is 0.412. The van der Waals surface area contributed by atoms with E-state index in [1.54, 1.807) is 11.4 Å². The van der Waals surface area contributed by atoms with Crippen LogP contribution in [0.25, 0.3) is 10.9 Å². The monoisotopic (exact) mass is 446 g/mol. The number of hydrogen-bond donors (Lipinski definition) is 5. The van der Waals surface area contributed by atoms with E-state index in [0.717, 1.165) is 10.8 Å². The number of carboxylic acid groups (broad SMARTS) is 1. The van der Waals surface area contributed by atoms with Crippen LogP contribution >= 0.6 is 0 Å². The Balaban J connectivity index is 2.11. The molecule has 5 N–H and O–H groups in total. The lowest BCUT2D eigenvalue weighted by molar-refractivity contribution is -0.178. The van der Waals surface area contributed by atoms with Crippen LogP contribution in [0.2, 0.25) is 0 Å². The molecule has 0 saturated carbocycles. The van der Waals surface area contributed by atoms with E-state index in [-0.39, 0.29) is 0 Å². The number of amides is 1. The Kier molecular flexibility index (Phi) is 6.15. The Labute approximate surface area is 171 Å². The van der Waals surface area contributed by atoms with Gasteiger partial charge in [0.25, 0.3) is 0 Å². The minimum absolute atomic E-state index is 0.327. The number of ether oxygens (including phenoxy) is 1. The van der Waals surface area contributed by atoms with Gasteiger partial charge in [0.2, 0.25) is 5.76 Å². The van der Waals surface area contributed by atoms with Crippen molar-refractivity contribution in [2.45, 2.75) is 36.6 Å². The van der Waals surface area contributed by atoms with E-state index in [1.165, 1.54) is 18.6 Å². The SMILES string of the molecule is O=C(O)C1=C[C@H](n2cc3ccncc3n2)[C@@H](NC(=O)C(F)(F)F)[C@H]([C@H](O)[C@H](O)CO)O1. The summed E-state index contributed by atoms with van der Waals surface area (Å²) >= 11 is 0. The molecule has 14 heteroatoms. The number of pyridine rings is 1. The number of aliphatic hydroxyl groups excluding tert-OH is 3. The molecule has 0 unspecified atom stereocenters. The van der Waals surface area contributed by atoms with Gasteiger partial charge in [-0.3, -0.25) is 14.5 Å². The summed E-state index contributed by atoms with van der Waals surface area (Å²) in [7, 11) is 0. The second-order valence-electron chi connectivity index (χ2n) is 6.69. The molecule has 0 bridgehead atoms. The van der Waals surface area contributed by atoms with Gasteiger partial charge in [-0.2, -0.15) is 18.3 Å². The molecule has 0 aliphatic carbocycles. The zero-order valence-electron chi connectivity index (χ0n) is 15.5. The molecule has 1 amide bonds. The number of halogens is 3. The van der Waals surface area contributed by atoms with Gasteiger partial charge >= 0.3 is 18.1 Å². The van der Waals surface area contributed by atoms with E-state index >= 15 is 0 Å². The number of nitrogens with zero attached hydrogens (tertiary/aromatic N) is 3. The quantitative estimate of drug-likeness (QED) is 0.378. The van der Waals surface area contributed by atoms with Crippen LogP contribution in [0.1, 0.15) is 6.04 Å². The standard InChI is InChI=1S/C17H17F3N4O7/c18-17(19,20)16(30)22-12-9(24-5-7-1-2-21-4-8(7)23-24)3-11(15(28)29)31-14(12)13(27)10(26)6-25/h1-5,9-10,12-14,25-27H,6H2,(H,22,30)(H,28,29)/t9-,10+,12+,13+,14+/m0/s1. The van der Waals surface area contributed by atoms with Gasteiger partial charge in [0.15, 0.2) is 0 Å². The number of aromatic nitrogens is 3. The molecule has 0 fully saturated rings. The zero-order valence-corrected chi connectivity index (χ0v) is 15.5. The van der Waals surface area contributed by atoms with Gasteiger partial charge < -0.3 is 30.5 Å². The first-order chi connectivity index (χ1) is 14.5. The highest BCUT2D eigenvalue weighted by Gasteiger charge is 2.48. The van der Waals surface area contributed by atoms with Crippen LogP contribution in [0.5, 0.6) is 0 Å². The highest BCUT2D eigenvalue weighted by molar-refractivity contribution is 5.85. The minimum atomic E-state index is -5.30. The molecule has 0 saturated heterocycles. The van der Waals surface area contributed by atoms with Crippen molar-refractivity contribution in [3.8, 4) is 0 Å². The summed E-state index contributed by atoms with van der Waals surface area (Å²) in [6.45, 7) is -1.00. The number of aliphatic hydroxyl groups is 3. The topological polar surface area (TPSA) is 167 Å². The van der Waals surface area contributed by atoms with Crippen molar-refractivity contribution < 1.29 is 47.9 Å². The molecule has 2 aromatic heterocycles. The number of carbonyl (C=O) groups is 2. The maximum absolute atomic E-state index is 12.9. The fourth-order valence-electron chi connectivity index (χ4n) is 3.12. The predicted octanol–water partition coefficient (Wildman–Crippen LogP) is -0.899. The maximum atomic E-state index is 12.9. The number of carbonyl (C=O) groups excluding carboxylic acids is 1. The van der Waals surface area contributed by atoms with Gasteiger partial charge in [0.05, 0.1) is 24.9 Å². The van der Waals surface area contributed by atoms with Crippen LogP contribution in [-0.2, 0) is 14.3 Å². The van der Waals surface area contributed by atoms with Crippen LogP contribution < -0.4 is 5.32 Å². The van der Waals surface area contributed by atoms with Crippen molar-refractivity contribution in [3.05, 3.63) is 36.5 Å². The number of aliphatic carboxylic acids is 1. The summed E-state index contributed by atoms with van der Waals surface area (Å²) in [5, 5.41) is 44.8. The van der Waals surface area contributed by atoms with Gasteiger partial charge in [-0.1, -0.05) is 0 Å². The van der Waals surface area contributed by atoms with Crippen molar-refractivity contribution in [1.29, 1.82) is 0 Å². The molecule has 1 aliphatic heterocycles. The molecular weight excluding hydrogens is 429 g/mol. The Bertz CT molecular complexity index is 976. The number of carboxylic acids is 1. The van der Waals surface area contributed by atoms with E-state index in [4.69, 9.17) is 9.84 Å². The largest absolute Gasteiger partial charge is 0.478 e. The summed E-state index contributed by atoms with van der Waals surface area (Å²) in [5.41, 5.74) is 0.327. The van der Waals surface area contributed by atoms with Crippen LogP contribution in [0.4, 0.5) is 13.2 Å². The molecule has 11 nitrogen and oxygen atoms in total. The first kappa shape index (κ1) is 22.5. The molecule has 2 aromatic rings. The second-order valence-corrected chi connectivity index (χ2v) is 6.69. The highest BCUT2D eigenvalue weighted by atomic mass is 19.4. The lowest BCUT2D eigenvalue weighted by atomic mass is 9.92. The molecule has 3 rings (SSSR count). The lowest BCUT2D eigenvalue weighted by Crippen LogP contribution is -2.60. The van der Waals surface area contributed by atoms with Gasteiger partial charge in [0, 0.05) is 17.8 Å². The van der Waals surface area contributed by atoms with Crippen molar-refractivity contribution in [2.75, 3.05) is 6.61 Å². The van der Waals surface area contributed by atoms with Gasteiger partial charge in [-0.05, 0) is 12.1 Å². The van der Waals surface area contributed by atoms with Gasteiger partial charge in [-0.25, -0.2) is 4.79 Å². The fourth-order valence-corrected chi connectivity index (χ4v) is 3.12. The molecule has 0 spiro atoms. The Morgan fingerprint density at radius 1 is 1.32 bits per heavy atom. The first-order valence-electron chi connectivity index (χ1n) is 8.78. The summed E-state index contributed by atoms with van der Waals surface area (Å²) in [6, 6.07) is -1.55. The molecule has 3 heterocycles. The van der Waals surface area contributed by atoms with Crippen molar-refractivity contribution in [3.63, 3.8) is 0 Å². The van der Waals surface area contributed by atoms with Crippen LogP contribution in [0, 0.1) is 0 Å². The average molecular weight is 446 g/mol. The molecule has 0 radical (unpaired) electrons. The Morgan fingerprint density at radius 2 is 2.03 bits per heavy atom. The summed E-state index contributed by atoms with van der Waals surface area (Å²) in [6.07, 6.45) is -6.04. The Morgan fingerprint density at radius 3 is 2.61 bits per heavy atom. The van der Waals surface area contributed by atoms with Crippen LogP contribution in [0.15, 0.2) is 36.5 Å². The summed E-state index contributed by atoms with van der Waals surface area (Å²) in [4.78, 5) is 27.0. The molecule has 0 aromatic carbocycles. The number of nitrogens with one attached hydrogen (secondary N) is 1. The normalized spacial score (nSPS) is 23.5. The van der Waals surface area contributed by atoms with Crippen molar-refractivity contribution >= 4 is 22.8 Å². The van der Waals surface area contributed by atoms with Crippen LogP contribution in [0.3, 0.4) is 0 Å². The maximum Gasteiger partial charge on any atom is 0.471 e. The number of fused-ring (bicyclic) bond motifs is 1. The molecule has 168 valence electrons. The van der Waals surface area contributed by atoms with Crippen molar-refractivity contribution in [2.24, 2.45) is 0 Å². The number of hydrogen-bond acceptors (Lipinski definition) is 8.